The maximum Gasteiger partial charge on any atom is 0.330 e. The van der Waals surface area contributed by atoms with E-state index in [2.05, 4.69) is 0 Å². The van der Waals surface area contributed by atoms with Crippen molar-refractivity contribution in [3.63, 3.8) is 0 Å². The highest BCUT2D eigenvalue weighted by Crippen LogP contribution is 2.40. The predicted molar refractivity (Wildman–Crippen MR) is 52.2 cm³/mol. The Morgan fingerprint density at radius 2 is 1.94 bits per heavy atom. The number of aromatic amines is 1. The maximum atomic E-state index is 11.6. The quantitative estimate of drug-likeness (QED) is 0.389. The van der Waals surface area contributed by atoms with Crippen LogP contribution in [0.5, 0.6) is 0 Å². The van der Waals surface area contributed by atoms with Crippen molar-refractivity contribution >= 4 is 0 Å². The van der Waals surface area contributed by atoms with E-state index < -0.39 is 41.9 Å². The Balaban J connectivity index is 2.28. The number of aliphatic hydroxyl groups is 3. The summed E-state index contributed by atoms with van der Waals surface area (Å²) in [7, 11) is 0. The molecule has 5 atom stereocenters. The van der Waals surface area contributed by atoms with Crippen molar-refractivity contribution < 1.29 is 20.1 Å². The standard InChI is InChI=1S/C9H10N2O6/c12-3-1-2-4(13)7-5(14)6(15)8(17-7)11(2)9(16)10-3/h1,4-8,13-15H,(H,10,12,16)/t4-,5?,6?,7+,8+/m0/s1. The van der Waals surface area contributed by atoms with Gasteiger partial charge >= 0.3 is 5.69 Å². The highest BCUT2D eigenvalue weighted by molar-refractivity contribution is 5.15. The SMILES string of the molecule is O=c1cc2n(c(=O)[nH]1)[C@@H]1O[C@@H](C(O)C1O)[C@H]2O. The molecule has 8 nitrogen and oxygen atoms in total. The molecule has 1 aromatic rings. The van der Waals surface area contributed by atoms with Crippen LogP contribution in [0.1, 0.15) is 18.0 Å². The number of nitrogens with zero attached hydrogens (tertiary/aromatic N) is 1. The third-order valence-corrected chi connectivity index (χ3v) is 3.15. The Hall–Kier alpha value is -1.48. The molecule has 17 heavy (non-hydrogen) atoms. The average molecular weight is 242 g/mol. The van der Waals surface area contributed by atoms with Crippen LogP contribution in [0.3, 0.4) is 0 Å². The second-order valence-electron chi connectivity index (χ2n) is 4.15. The Morgan fingerprint density at radius 1 is 1.24 bits per heavy atom. The van der Waals surface area contributed by atoms with Crippen LogP contribution < -0.4 is 11.2 Å². The highest BCUT2D eigenvalue weighted by Gasteiger charge is 2.52. The number of hydrogen-bond donors (Lipinski definition) is 4. The fraction of sp³-hybridized carbons (Fsp3) is 0.556. The van der Waals surface area contributed by atoms with Crippen molar-refractivity contribution in [2.75, 3.05) is 0 Å². The second kappa shape index (κ2) is 3.26. The number of hydrogen-bond acceptors (Lipinski definition) is 6. The largest absolute Gasteiger partial charge is 0.387 e. The van der Waals surface area contributed by atoms with Crippen molar-refractivity contribution in [2.24, 2.45) is 0 Å². The summed E-state index contributed by atoms with van der Waals surface area (Å²) in [6.45, 7) is 0. The van der Waals surface area contributed by atoms with E-state index in [9.17, 15) is 24.9 Å². The fourth-order valence-corrected chi connectivity index (χ4v) is 2.34. The molecule has 2 bridgehead atoms. The summed E-state index contributed by atoms with van der Waals surface area (Å²) in [6, 6.07) is 1.05. The van der Waals surface area contributed by atoms with Crippen molar-refractivity contribution in [1.29, 1.82) is 0 Å². The Morgan fingerprint density at radius 3 is 2.65 bits per heavy atom. The van der Waals surface area contributed by atoms with Gasteiger partial charge < -0.3 is 20.1 Å². The molecule has 1 saturated heterocycles. The van der Waals surface area contributed by atoms with Gasteiger partial charge in [-0.15, -0.1) is 0 Å². The van der Waals surface area contributed by atoms with E-state index in [0.29, 0.717) is 0 Å². The molecule has 2 unspecified atom stereocenters. The zero-order chi connectivity index (χ0) is 12.3. The lowest BCUT2D eigenvalue weighted by atomic mass is 10.1. The number of nitrogens with one attached hydrogen (secondary N) is 1. The molecule has 4 N–H and O–H groups in total. The lowest BCUT2D eigenvalue weighted by Gasteiger charge is -2.29. The van der Waals surface area contributed by atoms with Crippen LogP contribution >= 0.6 is 0 Å². The predicted octanol–water partition coefficient (Wildman–Crippen LogP) is -2.80. The zero-order valence-corrected chi connectivity index (χ0v) is 8.48. The first-order chi connectivity index (χ1) is 8.00. The van der Waals surface area contributed by atoms with Crippen LogP contribution in [-0.2, 0) is 4.74 Å². The maximum absolute atomic E-state index is 11.6. The summed E-state index contributed by atoms with van der Waals surface area (Å²) in [4.78, 5) is 24.8. The molecular weight excluding hydrogens is 232 g/mol. The van der Waals surface area contributed by atoms with Gasteiger partial charge in [-0.3, -0.25) is 14.3 Å². The minimum Gasteiger partial charge on any atom is -0.387 e. The van der Waals surface area contributed by atoms with E-state index in [1.54, 1.807) is 0 Å². The molecular formula is C9H10N2O6. The van der Waals surface area contributed by atoms with Gasteiger partial charge in [0.15, 0.2) is 6.23 Å². The molecule has 3 heterocycles. The molecule has 3 rings (SSSR count). The van der Waals surface area contributed by atoms with Crippen LogP contribution in [0, 0.1) is 0 Å². The minimum atomic E-state index is -1.33. The summed E-state index contributed by atoms with van der Waals surface area (Å²) in [5, 5.41) is 29.2. The first-order valence-electron chi connectivity index (χ1n) is 5.06. The Bertz CT molecular complexity index is 578. The van der Waals surface area contributed by atoms with Gasteiger partial charge in [0.05, 0.1) is 5.69 Å². The number of aromatic nitrogens is 2. The smallest absolute Gasteiger partial charge is 0.330 e. The van der Waals surface area contributed by atoms with E-state index in [-0.39, 0.29) is 5.69 Å². The summed E-state index contributed by atoms with van der Waals surface area (Å²) < 4.78 is 6.12. The lowest BCUT2D eigenvalue weighted by Crippen LogP contribution is -2.42. The molecule has 1 aromatic heterocycles. The van der Waals surface area contributed by atoms with Gasteiger partial charge in [-0.05, 0) is 0 Å². The average Bonchev–Trinajstić information content (AvgIpc) is 2.52. The first-order valence-corrected chi connectivity index (χ1v) is 5.06. The Labute approximate surface area is 93.7 Å². The van der Waals surface area contributed by atoms with E-state index in [4.69, 9.17) is 4.74 Å². The van der Waals surface area contributed by atoms with E-state index >= 15 is 0 Å². The van der Waals surface area contributed by atoms with Gasteiger partial charge in [0, 0.05) is 6.07 Å². The summed E-state index contributed by atoms with van der Waals surface area (Å²) in [6.07, 6.45) is -6.06. The number of ether oxygens (including phenoxy) is 1. The molecule has 0 radical (unpaired) electrons. The van der Waals surface area contributed by atoms with Gasteiger partial charge in [-0.2, -0.15) is 0 Å². The van der Waals surface area contributed by atoms with Crippen molar-refractivity contribution in [3.8, 4) is 0 Å². The van der Waals surface area contributed by atoms with Crippen LogP contribution in [0.2, 0.25) is 0 Å². The molecule has 92 valence electrons. The number of H-pyrrole nitrogens is 1. The molecule has 0 amide bonds. The Kier molecular flexibility index (Phi) is 2.05. The third kappa shape index (κ3) is 1.26. The first kappa shape index (κ1) is 10.7. The van der Waals surface area contributed by atoms with Crippen molar-refractivity contribution in [3.05, 3.63) is 32.6 Å². The van der Waals surface area contributed by atoms with Crippen LogP contribution in [0.25, 0.3) is 0 Å². The minimum absolute atomic E-state index is 0.0376. The normalized spacial score (nSPS) is 39.1. The van der Waals surface area contributed by atoms with Crippen LogP contribution in [0.15, 0.2) is 15.7 Å². The number of fused-ring (bicyclic) bond motifs is 4. The molecule has 8 heteroatoms. The van der Waals surface area contributed by atoms with Gasteiger partial charge in [-0.1, -0.05) is 0 Å². The monoisotopic (exact) mass is 242 g/mol. The summed E-state index contributed by atoms with van der Waals surface area (Å²) in [5.74, 6) is 0. The van der Waals surface area contributed by atoms with E-state index in [1.807, 2.05) is 4.98 Å². The molecule has 0 aliphatic carbocycles. The van der Waals surface area contributed by atoms with Crippen LogP contribution in [-0.4, -0.2) is 43.2 Å². The lowest BCUT2D eigenvalue weighted by molar-refractivity contribution is -0.116. The second-order valence-corrected chi connectivity index (χ2v) is 4.15. The van der Waals surface area contributed by atoms with Gasteiger partial charge in [0.2, 0.25) is 0 Å². The van der Waals surface area contributed by atoms with E-state index in [0.717, 1.165) is 10.6 Å². The van der Waals surface area contributed by atoms with Crippen LogP contribution in [0.4, 0.5) is 0 Å². The fourth-order valence-electron chi connectivity index (χ4n) is 2.34. The highest BCUT2D eigenvalue weighted by atomic mass is 16.6. The molecule has 1 fully saturated rings. The summed E-state index contributed by atoms with van der Waals surface area (Å²) >= 11 is 0. The molecule has 2 aliphatic heterocycles. The van der Waals surface area contributed by atoms with Gasteiger partial charge in [0.25, 0.3) is 5.56 Å². The van der Waals surface area contributed by atoms with Crippen molar-refractivity contribution in [2.45, 2.75) is 30.6 Å². The molecule has 2 aliphatic rings. The third-order valence-electron chi connectivity index (χ3n) is 3.15. The van der Waals surface area contributed by atoms with E-state index in [1.165, 1.54) is 0 Å². The molecule has 0 spiro atoms. The number of aliphatic hydroxyl groups excluding tert-OH is 3. The molecule has 0 saturated carbocycles. The van der Waals surface area contributed by atoms with Gasteiger partial charge in [0.1, 0.15) is 24.4 Å². The topological polar surface area (TPSA) is 125 Å². The zero-order valence-electron chi connectivity index (χ0n) is 8.48. The summed E-state index contributed by atoms with van der Waals surface area (Å²) in [5.41, 5.74) is -1.40. The van der Waals surface area contributed by atoms with Crippen molar-refractivity contribution in [1.82, 2.24) is 9.55 Å². The molecule has 0 aromatic carbocycles. The number of rotatable bonds is 0. The van der Waals surface area contributed by atoms with Gasteiger partial charge in [-0.25, -0.2) is 4.79 Å².